The van der Waals surface area contributed by atoms with Crippen molar-refractivity contribution in [3.8, 4) is 11.8 Å². The average Bonchev–Trinajstić information content (AvgIpc) is 3.39. The van der Waals surface area contributed by atoms with Crippen molar-refractivity contribution in [2.45, 2.75) is 38.5 Å². The van der Waals surface area contributed by atoms with Crippen molar-refractivity contribution >= 4 is 33.0 Å². The maximum absolute atomic E-state index is 13.6. The monoisotopic (exact) mass is 638 g/mol. The zero-order chi connectivity index (χ0) is 33.3. The van der Waals surface area contributed by atoms with Gasteiger partial charge in [0.2, 0.25) is 0 Å². The lowest BCUT2D eigenvalue weighted by Crippen LogP contribution is -2.24. The summed E-state index contributed by atoms with van der Waals surface area (Å²) in [4.78, 5) is 45.2. The van der Waals surface area contributed by atoms with E-state index < -0.39 is 15.6 Å². The molecule has 238 valence electrons. The van der Waals surface area contributed by atoms with Gasteiger partial charge in [0.05, 0.1) is 21.0 Å². The summed E-state index contributed by atoms with van der Waals surface area (Å²) < 4.78 is 19.1. The third-order valence-corrected chi connectivity index (χ3v) is 8.96. The predicted molar refractivity (Wildman–Crippen MR) is 179 cm³/mol. The fourth-order valence-corrected chi connectivity index (χ4v) is 5.98. The molecule has 4 aromatic rings. The van der Waals surface area contributed by atoms with E-state index in [0.717, 1.165) is 31.7 Å². The summed E-state index contributed by atoms with van der Waals surface area (Å²) in [5.41, 5.74) is 3.43. The summed E-state index contributed by atoms with van der Waals surface area (Å²) in [6.07, 6.45) is 5.35. The Morgan fingerprint density at radius 2 is 1.70 bits per heavy atom. The molecule has 0 fully saturated rings. The third-order valence-electron chi connectivity index (χ3n) is 7.31. The van der Waals surface area contributed by atoms with Crippen molar-refractivity contribution in [1.82, 2.24) is 19.7 Å². The van der Waals surface area contributed by atoms with Crippen molar-refractivity contribution < 1.29 is 18.6 Å². The van der Waals surface area contributed by atoms with Gasteiger partial charge in [0.15, 0.2) is 5.78 Å². The van der Waals surface area contributed by atoms with Gasteiger partial charge < -0.3 is 10.2 Å². The van der Waals surface area contributed by atoms with Crippen molar-refractivity contribution in [1.29, 1.82) is 0 Å². The molecule has 0 bridgehead atoms. The highest BCUT2D eigenvalue weighted by molar-refractivity contribution is 7.93. The molecule has 0 radical (unpaired) electrons. The first kappa shape index (κ1) is 34.0. The number of hydrogen-bond donors (Lipinski definition) is 1. The Morgan fingerprint density at radius 1 is 0.957 bits per heavy atom. The molecule has 0 saturated carbocycles. The van der Waals surface area contributed by atoms with Gasteiger partial charge in [0.1, 0.15) is 5.69 Å². The van der Waals surface area contributed by atoms with Crippen LogP contribution in [-0.4, -0.2) is 67.4 Å². The number of carbonyl (C=O) groups is 3. The van der Waals surface area contributed by atoms with Crippen LogP contribution in [-0.2, 0) is 16.8 Å². The van der Waals surface area contributed by atoms with E-state index in [1.807, 2.05) is 6.92 Å². The zero-order valence-corrected chi connectivity index (χ0v) is 27.6. The highest BCUT2D eigenvalue weighted by Gasteiger charge is 2.15. The Bertz CT molecular complexity index is 1940. The zero-order valence-electron chi connectivity index (χ0n) is 26.7. The molecule has 0 aliphatic rings. The number of anilines is 1. The number of benzene rings is 2. The van der Waals surface area contributed by atoms with Crippen LogP contribution in [0.3, 0.4) is 0 Å². The summed E-state index contributed by atoms with van der Waals surface area (Å²) in [6, 6.07) is 16.8. The number of pyridine rings is 1. The van der Waals surface area contributed by atoms with Crippen molar-refractivity contribution in [3.63, 3.8) is 0 Å². The number of aryl methyl sites for hydroxylation is 2. The second-order valence-electron chi connectivity index (χ2n) is 10.8. The SMILES string of the molecule is CCN(CC)CCCC(=O)c1cccc(S(C)(=O)=NC(=O)c2cncc(C#Cc3cccc(NC(=O)c4cc(C)nn4C)c3)c2)c1. The van der Waals surface area contributed by atoms with E-state index in [2.05, 4.69) is 50.4 Å². The Morgan fingerprint density at radius 3 is 2.41 bits per heavy atom. The average molecular weight is 639 g/mol. The van der Waals surface area contributed by atoms with Gasteiger partial charge in [0, 0.05) is 59.4 Å². The van der Waals surface area contributed by atoms with Gasteiger partial charge in [-0.15, -0.1) is 0 Å². The van der Waals surface area contributed by atoms with Crippen LogP contribution in [0.1, 0.15) is 74.7 Å². The number of carbonyl (C=O) groups excluding carboxylic acids is 3. The van der Waals surface area contributed by atoms with E-state index in [1.54, 1.807) is 61.6 Å². The lowest BCUT2D eigenvalue weighted by atomic mass is 10.1. The van der Waals surface area contributed by atoms with Crippen LogP contribution in [0, 0.1) is 18.8 Å². The molecule has 2 aromatic carbocycles. The Balaban J connectivity index is 1.46. The minimum Gasteiger partial charge on any atom is -0.321 e. The van der Waals surface area contributed by atoms with Gasteiger partial charge in [-0.3, -0.25) is 24.0 Å². The molecule has 0 spiro atoms. The normalized spacial score (nSPS) is 12.1. The molecule has 46 heavy (non-hydrogen) atoms. The van der Waals surface area contributed by atoms with Gasteiger partial charge >= 0.3 is 0 Å². The summed E-state index contributed by atoms with van der Waals surface area (Å²) in [6.45, 7) is 8.70. The molecule has 10 nitrogen and oxygen atoms in total. The van der Waals surface area contributed by atoms with Gasteiger partial charge in [-0.2, -0.15) is 9.46 Å². The summed E-state index contributed by atoms with van der Waals surface area (Å²) in [5.74, 6) is 4.98. The third kappa shape index (κ3) is 9.06. The minimum atomic E-state index is -3.15. The maximum Gasteiger partial charge on any atom is 0.286 e. The fourth-order valence-electron chi connectivity index (χ4n) is 4.78. The van der Waals surface area contributed by atoms with E-state index in [4.69, 9.17) is 0 Å². The second kappa shape index (κ2) is 15.4. The molecule has 1 N–H and O–H groups in total. The molecular formula is C35H38N6O4S. The predicted octanol–water partition coefficient (Wildman–Crippen LogP) is 5.38. The van der Waals surface area contributed by atoms with E-state index >= 15 is 0 Å². The minimum absolute atomic E-state index is 0.0394. The Labute approximate surface area is 270 Å². The van der Waals surface area contributed by atoms with Crippen LogP contribution in [0.15, 0.2) is 82.3 Å². The van der Waals surface area contributed by atoms with Crippen LogP contribution in [0.5, 0.6) is 0 Å². The molecule has 0 saturated heterocycles. The quantitative estimate of drug-likeness (QED) is 0.173. The largest absolute Gasteiger partial charge is 0.321 e. The summed E-state index contributed by atoms with van der Waals surface area (Å²) in [5, 5.41) is 7.06. The maximum atomic E-state index is 13.6. The number of nitrogens with one attached hydrogen (secondary N) is 1. The molecule has 1 atom stereocenters. The standard InChI is InChI=1S/C35H38N6O4S/c1-6-41(7-2)18-10-15-33(42)28-12-9-14-31(22-28)46(5,45)39-34(43)29-20-27(23-36-24-29)17-16-26-11-8-13-30(21-26)37-35(44)32-19-25(3)38-40(32)4/h8-9,11-14,19-24H,6-7,10,15,18H2,1-5H3,(H,37,44). The first-order valence-electron chi connectivity index (χ1n) is 15.0. The van der Waals surface area contributed by atoms with E-state index in [1.165, 1.54) is 29.4 Å². The van der Waals surface area contributed by atoms with Gasteiger partial charge in [-0.05, 0) is 75.4 Å². The topological polar surface area (TPSA) is 127 Å². The molecule has 11 heteroatoms. The first-order chi connectivity index (χ1) is 22.0. The number of rotatable bonds is 11. The molecule has 0 aliphatic heterocycles. The number of hydrogen-bond acceptors (Lipinski definition) is 7. The van der Waals surface area contributed by atoms with Gasteiger partial charge in [0.25, 0.3) is 11.8 Å². The summed E-state index contributed by atoms with van der Waals surface area (Å²) in [7, 11) is -1.44. The highest BCUT2D eigenvalue weighted by Crippen LogP contribution is 2.18. The molecular weight excluding hydrogens is 600 g/mol. The lowest BCUT2D eigenvalue weighted by Gasteiger charge is -2.17. The number of aromatic nitrogens is 3. The van der Waals surface area contributed by atoms with Crippen LogP contribution in [0.25, 0.3) is 0 Å². The molecule has 2 aromatic heterocycles. The van der Waals surface area contributed by atoms with E-state index in [9.17, 15) is 18.6 Å². The van der Waals surface area contributed by atoms with Gasteiger partial charge in [-0.25, -0.2) is 4.21 Å². The molecule has 0 aliphatic carbocycles. The Hall–Kier alpha value is -4.92. The molecule has 4 rings (SSSR count). The first-order valence-corrected chi connectivity index (χ1v) is 16.9. The highest BCUT2D eigenvalue weighted by atomic mass is 32.2. The number of ketones is 1. The van der Waals surface area contributed by atoms with Crippen molar-refractivity contribution in [3.05, 3.63) is 107 Å². The van der Waals surface area contributed by atoms with Crippen LogP contribution >= 0.6 is 0 Å². The fraction of sp³-hybridized carbons (Fsp3) is 0.286. The molecule has 2 amide bonds. The number of nitrogens with zero attached hydrogens (tertiary/aromatic N) is 5. The smallest absolute Gasteiger partial charge is 0.286 e. The van der Waals surface area contributed by atoms with Crippen molar-refractivity contribution in [2.75, 3.05) is 31.2 Å². The van der Waals surface area contributed by atoms with Crippen molar-refractivity contribution in [2.24, 2.45) is 11.4 Å². The van der Waals surface area contributed by atoms with Gasteiger partial charge in [-0.1, -0.05) is 43.9 Å². The number of Topliss-reactive ketones (excluding diaryl/α,β-unsaturated/α-hetero) is 1. The van der Waals surface area contributed by atoms with E-state index in [0.29, 0.717) is 39.4 Å². The summed E-state index contributed by atoms with van der Waals surface area (Å²) >= 11 is 0. The van der Waals surface area contributed by atoms with Crippen LogP contribution in [0.4, 0.5) is 5.69 Å². The Kier molecular flexibility index (Phi) is 11.4. The lowest BCUT2D eigenvalue weighted by molar-refractivity contribution is 0.0972. The van der Waals surface area contributed by atoms with E-state index in [-0.39, 0.29) is 17.3 Å². The molecule has 1 unspecified atom stereocenters. The van der Waals surface area contributed by atoms with Crippen LogP contribution < -0.4 is 5.32 Å². The molecule has 2 heterocycles. The number of amides is 2. The van der Waals surface area contributed by atoms with Crippen LogP contribution in [0.2, 0.25) is 0 Å². The second-order valence-corrected chi connectivity index (χ2v) is 13.1.